The summed E-state index contributed by atoms with van der Waals surface area (Å²) in [4.78, 5) is 4.32. The lowest BCUT2D eigenvalue weighted by atomic mass is 10.1. The first-order valence-electron chi connectivity index (χ1n) is 8.18. The molecule has 0 atom stereocenters. The number of nitrogens with zero attached hydrogens (tertiary/aromatic N) is 1. The first kappa shape index (κ1) is 16.2. The minimum absolute atomic E-state index is 0.582. The van der Waals surface area contributed by atoms with E-state index in [1.807, 2.05) is 42.6 Å². The van der Waals surface area contributed by atoms with Gasteiger partial charge in [-0.15, -0.1) is 0 Å². The van der Waals surface area contributed by atoms with E-state index in [1.165, 1.54) is 11.1 Å². The summed E-state index contributed by atoms with van der Waals surface area (Å²) in [7, 11) is 0. The molecule has 122 valence electrons. The van der Waals surface area contributed by atoms with Crippen molar-refractivity contribution >= 4 is 0 Å². The van der Waals surface area contributed by atoms with Crippen LogP contribution >= 0.6 is 0 Å². The minimum Gasteiger partial charge on any atom is -0.489 e. The summed E-state index contributed by atoms with van der Waals surface area (Å²) in [5, 5.41) is 3.42. The summed E-state index contributed by atoms with van der Waals surface area (Å²) in [6, 6.07) is 22.5. The van der Waals surface area contributed by atoms with Gasteiger partial charge in [-0.1, -0.05) is 54.1 Å². The van der Waals surface area contributed by atoms with Gasteiger partial charge in [0.25, 0.3) is 0 Å². The normalized spacial score (nSPS) is 10.5. The fourth-order valence-electron chi connectivity index (χ4n) is 2.58. The van der Waals surface area contributed by atoms with E-state index in [0.29, 0.717) is 6.61 Å². The van der Waals surface area contributed by atoms with Crippen molar-refractivity contribution in [3.63, 3.8) is 0 Å². The smallest absolute Gasteiger partial charge is 0.124 e. The van der Waals surface area contributed by atoms with Crippen LogP contribution in [0.3, 0.4) is 0 Å². The summed E-state index contributed by atoms with van der Waals surface area (Å²) >= 11 is 0. The zero-order valence-electron chi connectivity index (χ0n) is 13.9. The zero-order valence-corrected chi connectivity index (χ0v) is 13.9. The second-order valence-electron chi connectivity index (χ2n) is 5.81. The van der Waals surface area contributed by atoms with E-state index in [0.717, 1.165) is 30.1 Å². The number of aryl methyl sites for hydroxylation is 1. The predicted octanol–water partition coefficient (Wildman–Crippen LogP) is 4.26. The Morgan fingerprint density at radius 3 is 2.62 bits per heavy atom. The monoisotopic (exact) mass is 318 g/mol. The summed E-state index contributed by atoms with van der Waals surface area (Å²) in [5.74, 6) is 0.924. The van der Waals surface area contributed by atoms with E-state index < -0.39 is 0 Å². The molecule has 0 bridgehead atoms. The Bertz CT molecular complexity index is 772. The molecule has 0 aliphatic heterocycles. The van der Waals surface area contributed by atoms with Crippen molar-refractivity contribution in [2.45, 2.75) is 26.6 Å². The largest absolute Gasteiger partial charge is 0.489 e. The van der Waals surface area contributed by atoms with Gasteiger partial charge < -0.3 is 10.1 Å². The molecule has 3 rings (SSSR count). The lowest BCUT2D eigenvalue weighted by molar-refractivity contribution is 0.302. The zero-order chi connectivity index (χ0) is 16.6. The van der Waals surface area contributed by atoms with Gasteiger partial charge in [-0.3, -0.25) is 4.98 Å². The number of hydrogen-bond donors (Lipinski definition) is 1. The van der Waals surface area contributed by atoms with Crippen LogP contribution in [0.4, 0.5) is 0 Å². The lowest BCUT2D eigenvalue weighted by Crippen LogP contribution is -2.14. The Morgan fingerprint density at radius 2 is 1.79 bits per heavy atom. The number of aromatic nitrogens is 1. The van der Waals surface area contributed by atoms with Crippen LogP contribution in [0.15, 0.2) is 72.9 Å². The maximum absolute atomic E-state index is 6.03. The molecule has 1 N–H and O–H groups in total. The van der Waals surface area contributed by atoms with E-state index in [9.17, 15) is 0 Å². The number of hydrogen-bond acceptors (Lipinski definition) is 3. The Morgan fingerprint density at radius 1 is 0.917 bits per heavy atom. The third-order valence-electron chi connectivity index (χ3n) is 3.80. The highest BCUT2D eigenvalue weighted by Crippen LogP contribution is 2.19. The van der Waals surface area contributed by atoms with Crippen LogP contribution in [-0.4, -0.2) is 4.98 Å². The van der Waals surface area contributed by atoms with Crippen LogP contribution in [0, 0.1) is 6.92 Å². The molecule has 0 fully saturated rings. The molecule has 0 unspecified atom stereocenters. The lowest BCUT2D eigenvalue weighted by Gasteiger charge is -2.12. The van der Waals surface area contributed by atoms with Crippen LogP contribution in [-0.2, 0) is 19.7 Å². The SMILES string of the molecule is Cc1cccc(COc2ccccc2CNCc2ccccn2)c1. The highest BCUT2D eigenvalue weighted by molar-refractivity contribution is 5.33. The number of benzene rings is 2. The van der Waals surface area contributed by atoms with E-state index in [1.54, 1.807) is 0 Å². The Hall–Kier alpha value is -2.65. The molecule has 3 nitrogen and oxygen atoms in total. The second-order valence-corrected chi connectivity index (χ2v) is 5.81. The summed E-state index contributed by atoms with van der Waals surface area (Å²) in [6.07, 6.45) is 1.82. The average molecular weight is 318 g/mol. The number of rotatable bonds is 7. The van der Waals surface area contributed by atoms with Gasteiger partial charge in [0.15, 0.2) is 0 Å². The Kier molecular flexibility index (Phi) is 5.59. The fraction of sp³-hybridized carbons (Fsp3) is 0.190. The molecule has 0 radical (unpaired) electrons. The first-order chi connectivity index (χ1) is 11.8. The van der Waals surface area contributed by atoms with Crippen molar-refractivity contribution in [3.05, 3.63) is 95.3 Å². The quantitative estimate of drug-likeness (QED) is 0.707. The maximum Gasteiger partial charge on any atom is 0.124 e. The number of nitrogens with one attached hydrogen (secondary N) is 1. The molecule has 0 aliphatic rings. The van der Waals surface area contributed by atoms with Gasteiger partial charge in [0, 0.05) is 24.8 Å². The molecule has 1 heterocycles. The molecule has 3 heteroatoms. The standard InChI is InChI=1S/C21H22N2O/c1-17-7-6-8-18(13-17)16-24-21-11-3-2-9-19(21)14-22-15-20-10-4-5-12-23-20/h2-13,22H,14-16H2,1H3. The molecule has 0 saturated carbocycles. The molecule has 0 saturated heterocycles. The van der Waals surface area contributed by atoms with Gasteiger partial charge in [0.1, 0.15) is 12.4 Å². The van der Waals surface area contributed by atoms with E-state index >= 15 is 0 Å². The van der Waals surface area contributed by atoms with Gasteiger partial charge in [0.05, 0.1) is 5.69 Å². The molecule has 3 aromatic rings. The summed E-state index contributed by atoms with van der Waals surface area (Å²) < 4.78 is 6.03. The van der Waals surface area contributed by atoms with Crippen molar-refractivity contribution in [1.29, 1.82) is 0 Å². The molecule has 24 heavy (non-hydrogen) atoms. The molecular formula is C21H22N2O. The highest BCUT2D eigenvalue weighted by Gasteiger charge is 2.04. The molecule has 0 aliphatic carbocycles. The van der Waals surface area contributed by atoms with Gasteiger partial charge >= 0.3 is 0 Å². The Balaban J connectivity index is 1.58. The van der Waals surface area contributed by atoms with Crippen molar-refractivity contribution < 1.29 is 4.74 Å². The van der Waals surface area contributed by atoms with Crippen LogP contribution in [0.2, 0.25) is 0 Å². The molecule has 0 spiro atoms. The maximum atomic E-state index is 6.03. The third kappa shape index (κ3) is 4.67. The van der Waals surface area contributed by atoms with Gasteiger partial charge in [-0.25, -0.2) is 0 Å². The van der Waals surface area contributed by atoms with Gasteiger partial charge in [0.2, 0.25) is 0 Å². The third-order valence-corrected chi connectivity index (χ3v) is 3.80. The van der Waals surface area contributed by atoms with Crippen molar-refractivity contribution in [1.82, 2.24) is 10.3 Å². The van der Waals surface area contributed by atoms with Crippen molar-refractivity contribution in [3.8, 4) is 5.75 Å². The van der Waals surface area contributed by atoms with Crippen LogP contribution in [0.25, 0.3) is 0 Å². The predicted molar refractivity (Wildman–Crippen MR) is 96.7 cm³/mol. The first-order valence-corrected chi connectivity index (χ1v) is 8.18. The van der Waals surface area contributed by atoms with Gasteiger partial charge in [-0.2, -0.15) is 0 Å². The summed E-state index contributed by atoms with van der Waals surface area (Å²) in [5.41, 5.74) is 4.63. The average Bonchev–Trinajstić information content (AvgIpc) is 2.62. The fourth-order valence-corrected chi connectivity index (χ4v) is 2.58. The van der Waals surface area contributed by atoms with E-state index in [4.69, 9.17) is 4.74 Å². The second kappa shape index (κ2) is 8.27. The van der Waals surface area contributed by atoms with Gasteiger partial charge in [-0.05, 0) is 30.7 Å². The highest BCUT2D eigenvalue weighted by atomic mass is 16.5. The van der Waals surface area contributed by atoms with Crippen molar-refractivity contribution in [2.24, 2.45) is 0 Å². The summed E-state index contributed by atoms with van der Waals surface area (Å²) in [6.45, 7) is 4.17. The molecular weight excluding hydrogens is 296 g/mol. The minimum atomic E-state index is 0.582. The van der Waals surface area contributed by atoms with Crippen LogP contribution in [0.1, 0.15) is 22.4 Å². The molecule has 2 aromatic carbocycles. The molecule has 1 aromatic heterocycles. The Labute approximate surface area is 143 Å². The molecule has 0 amide bonds. The number of ether oxygens (including phenoxy) is 1. The van der Waals surface area contributed by atoms with Crippen LogP contribution < -0.4 is 10.1 Å². The number of pyridine rings is 1. The van der Waals surface area contributed by atoms with E-state index in [-0.39, 0.29) is 0 Å². The van der Waals surface area contributed by atoms with E-state index in [2.05, 4.69) is 47.6 Å². The van der Waals surface area contributed by atoms with Crippen LogP contribution in [0.5, 0.6) is 5.75 Å². The van der Waals surface area contributed by atoms with Crippen molar-refractivity contribution in [2.75, 3.05) is 0 Å². The topological polar surface area (TPSA) is 34.1 Å². The number of para-hydroxylation sites is 1.